The van der Waals surface area contributed by atoms with Crippen LogP contribution in [0.1, 0.15) is 40.5 Å². The molecule has 0 saturated carbocycles. The van der Waals surface area contributed by atoms with Crippen LogP contribution in [0, 0.1) is 0 Å². The molecule has 2 heterocycles. The number of hydrogen-bond donors (Lipinski definition) is 0. The van der Waals surface area contributed by atoms with Gasteiger partial charge in [0.25, 0.3) is 11.8 Å². The van der Waals surface area contributed by atoms with E-state index in [0.29, 0.717) is 11.1 Å². The third-order valence-corrected chi connectivity index (χ3v) is 3.09. The van der Waals surface area contributed by atoms with Crippen molar-refractivity contribution in [2.45, 2.75) is 25.9 Å². The maximum Gasteiger partial charge on any atom is 0.263 e. The van der Waals surface area contributed by atoms with Gasteiger partial charge in [-0.2, -0.15) is 0 Å². The van der Waals surface area contributed by atoms with Gasteiger partial charge in [-0.25, -0.2) is 4.90 Å². The molecular formula is C13H12N2O2. The quantitative estimate of drug-likeness (QED) is 0.741. The molecule has 0 saturated heterocycles. The molecule has 0 aliphatic carbocycles. The van der Waals surface area contributed by atoms with Crippen LogP contribution in [0.2, 0.25) is 0 Å². The highest BCUT2D eigenvalue weighted by Gasteiger charge is 2.45. The number of fused-ring (bicyclic) bond motifs is 1. The van der Waals surface area contributed by atoms with Crippen LogP contribution in [0.3, 0.4) is 0 Å². The summed E-state index contributed by atoms with van der Waals surface area (Å²) in [5.74, 6) is -0.434. The number of carbonyl (C=O) groups excluding carboxylic acids is 2. The molecule has 1 atom stereocenters. The molecule has 0 aromatic heterocycles. The van der Waals surface area contributed by atoms with Crippen molar-refractivity contribution in [3.63, 3.8) is 0 Å². The number of nitrogens with zero attached hydrogens (tertiary/aromatic N) is 2. The maximum absolute atomic E-state index is 12.1. The van der Waals surface area contributed by atoms with Gasteiger partial charge in [-0.1, -0.05) is 25.5 Å². The lowest BCUT2D eigenvalue weighted by Crippen LogP contribution is -2.35. The first-order chi connectivity index (χ1) is 8.24. The number of aliphatic imine (C=N–C) groups is 1. The summed E-state index contributed by atoms with van der Waals surface area (Å²) < 4.78 is 0. The second kappa shape index (κ2) is 3.52. The molecule has 0 radical (unpaired) electrons. The van der Waals surface area contributed by atoms with Gasteiger partial charge >= 0.3 is 0 Å². The van der Waals surface area contributed by atoms with E-state index in [4.69, 9.17) is 0 Å². The van der Waals surface area contributed by atoms with Gasteiger partial charge in [0, 0.05) is 0 Å². The number of rotatable bonds is 3. The van der Waals surface area contributed by atoms with Crippen molar-refractivity contribution in [3.05, 3.63) is 35.4 Å². The van der Waals surface area contributed by atoms with Crippen LogP contribution in [0.15, 0.2) is 29.3 Å². The van der Waals surface area contributed by atoms with Crippen LogP contribution in [0.5, 0.6) is 0 Å². The minimum Gasteiger partial charge on any atom is -0.268 e. The number of benzene rings is 1. The number of amides is 2. The highest BCUT2D eigenvalue weighted by molar-refractivity contribution is 6.24. The lowest BCUT2D eigenvalue weighted by Gasteiger charge is -2.11. The zero-order valence-corrected chi connectivity index (χ0v) is 9.51. The molecule has 4 nitrogen and oxygen atoms in total. The Balaban J connectivity index is 1.87. The molecule has 0 spiro atoms. The summed E-state index contributed by atoms with van der Waals surface area (Å²) in [4.78, 5) is 29.6. The fourth-order valence-corrected chi connectivity index (χ4v) is 2.21. The lowest BCUT2D eigenvalue weighted by molar-refractivity contribution is 0.0647. The van der Waals surface area contributed by atoms with Gasteiger partial charge in [0.05, 0.1) is 16.8 Å². The molecule has 1 aromatic carbocycles. The number of imide groups is 1. The first-order valence-electron chi connectivity index (χ1n) is 5.77. The van der Waals surface area contributed by atoms with Crippen molar-refractivity contribution in [1.82, 2.24) is 4.90 Å². The van der Waals surface area contributed by atoms with Crippen molar-refractivity contribution in [1.29, 1.82) is 0 Å². The van der Waals surface area contributed by atoms with E-state index in [1.54, 1.807) is 24.3 Å². The fraction of sp³-hybridized carbons (Fsp3) is 0.308. The van der Waals surface area contributed by atoms with Crippen molar-refractivity contribution in [3.8, 4) is 0 Å². The monoisotopic (exact) mass is 228 g/mol. The van der Waals surface area contributed by atoms with Crippen LogP contribution in [-0.4, -0.2) is 28.6 Å². The van der Waals surface area contributed by atoms with E-state index in [0.717, 1.165) is 18.6 Å². The normalized spacial score (nSPS) is 21.6. The molecule has 3 rings (SSSR count). The van der Waals surface area contributed by atoms with Gasteiger partial charge in [0.15, 0.2) is 6.17 Å². The predicted octanol–water partition coefficient (Wildman–Crippen LogP) is 1.86. The van der Waals surface area contributed by atoms with Gasteiger partial charge in [0.1, 0.15) is 0 Å². The van der Waals surface area contributed by atoms with Crippen molar-refractivity contribution in [2.24, 2.45) is 4.99 Å². The minimum absolute atomic E-state index is 0.217. The van der Waals surface area contributed by atoms with E-state index >= 15 is 0 Å². The molecule has 4 heteroatoms. The molecule has 86 valence electrons. The Kier molecular flexibility index (Phi) is 2.11. The van der Waals surface area contributed by atoms with Gasteiger partial charge in [-0.05, 0) is 18.6 Å². The second-order valence-corrected chi connectivity index (χ2v) is 4.27. The van der Waals surface area contributed by atoms with Gasteiger partial charge < -0.3 is 0 Å². The number of hydrogen-bond acceptors (Lipinski definition) is 3. The average Bonchev–Trinajstić information content (AvgIpc) is 3.03. The van der Waals surface area contributed by atoms with Crippen molar-refractivity contribution < 1.29 is 9.59 Å². The van der Waals surface area contributed by atoms with E-state index in [1.807, 2.05) is 0 Å². The van der Waals surface area contributed by atoms with E-state index in [-0.39, 0.29) is 18.0 Å². The Hall–Kier alpha value is -1.97. The molecule has 1 aromatic rings. The molecule has 1 unspecified atom stereocenters. The third kappa shape index (κ3) is 1.40. The van der Waals surface area contributed by atoms with E-state index in [9.17, 15) is 9.59 Å². The smallest absolute Gasteiger partial charge is 0.263 e. The molecule has 2 aliphatic heterocycles. The SMILES string of the molecule is CCCC1=NC1N1C(=O)c2ccccc2C1=O. The van der Waals surface area contributed by atoms with Crippen LogP contribution in [0.4, 0.5) is 0 Å². The first kappa shape index (κ1) is 10.2. The van der Waals surface area contributed by atoms with Crippen LogP contribution >= 0.6 is 0 Å². The largest absolute Gasteiger partial charge is 0.268 e. The van der Waals surface area contributed by atoms with Gasteiger partial charge in [-0.3, -0.25) is 14.6 Å². The molecule has 2 aliphatic rings. The summed E-state index contributed by atoms with van der Waals surface area (Å²) in [5, 5.41) is 0. The molecule has 0 fully saturated rings. The predicted molar refractivity (Wildman–Crippen MR) is 63.1 cm³/mol. The Morgan fingerprint density at radius 3 is 2.29 bits per heavy atom. The van der Waals surface area contributed by atoms with E-state index in [1.165, 1.54) is 4.90 Å². The summed E-state index contributed by atoms with van der Waals surface area (Å²) in [6, 6.07) is 6.93. The Bertz CT molecular complexity index is 513. The Labute approximate surface area is 99.0 Å². The number of carbonyl (C=O) groups is 2. The van der Waals surface area contributed by atoms with E-state index in [2.05, 4.69) is 11.9 Å². The van der Waals surface area contributed by atoms with E-state index < -0.39 is 0 Å². The van der Waals surface area contributed by atoms with Crippen LogP contribution < -0.4 is 0 Å². The van der Waals surface area contributed by atoms with Crippen molar-refractivity contribution in [2.75, 3.05) is 0 Å². The fourth-order valence-electron chi connectivity index (χ4n) is 2.21. The summed E-state index contributed by atoms with van der Waals surface area (Å²) in [6.45, 7) is 2.06. The van der Waals surface area contributed by atoms with Gasteiger partial charge in [0.2, 0.25) is 0 Å². The standard InChI is InChI=1S/C13H12N2O2/c1-2-5-10-11(14-10)15-12(16)8-6-3-4-7-9(8)13(15)17/h3-4,6-7,11H,2,5H2,1H3. The summed E-state index contributed by atoms with van der Waals surface area (Å²) >= 11 is 0. The van der Waals surface area contributed by atoms with Gasteiger partial charge in [-0.15, -0.1) is 0 Å². The minimum atomic E-state index is -0.303. The third-order valence-electron chi connectivity index (χ3n) is 3.09. The summed E-state index contributed by atoms with van der Waals surface area (Å²) in [6.07, 6.45) is 1.54. The highest BCUT2D eigenvalue weighted by Crippen LogP contribution is 2.30. The van der Waals surface area contributed by atoms with Crippen molar-refractivity contribution >= 4 is 17.5 Å². The summed E-state index contributed by atoms with van der Waals surface area (Å²) in [5.41, 5.74) is 1.95. The van der Waals surface area contributed by atoms with Crippen LogP contribution in [0.25, 0.3) is 0 Å². The molecule has 0 N–H and O–H groups in total. The lowest BCUT2D eigenvalue weighted by atomic mass is 10.1. The molecular weight excluding hydrogens is 216 g/mol. The molecule has 17 heavy (non-hydrogen) atoms. The Morgan fingerprint density at radius 2 is 1.76 bits per heavy atom. The zero-order valence-electron chi connectivity index (χ0n) is 9.51. The Morgan fingerprint density at radius 1 is 1.18 bits per heavy atom. The topological polar surface area (TPSA) is 49.7 Å². The summed E-state index contributed by atoms with van der Waals surface area (Å²) in [7, 11) is 0. The zero-order chi connectivity index (χ0) is 12.0. The molecule has 2 amide bonds. The van der Waals surface area contributed by atoms with Crippen LogP contribution in [-0.2, 0) is 0 Å². The average molecular weight is 228 g/mol. The molecule has 0 bridgehead atoms. The maximum atomic E-state index is 12.1. The first-order valence-corrected chi connectivity index (χ1v) is 5.77. The second-order valence-electron chi connectivity index (χ2n) is 4.27. The highest BCUT2D eigenvalue weighted by atomic mass is 16.2.